The Hall–Kier alpha value is -0.823. The topological polar surface area (TPSA) is 0 Å². The van der Waals surface area contributed by atoms with Crippen LogP contribution in [-0.4, -0.2) is 8.07 Å². The molecular formula is C13H18Si. The van der Waals surface area contributed by atoms with E-state index in [0.29, 0.717) is 10.6 Å². The minimum atomic E-state index is -1.31. The van der Waals surface area contributed by atoms with E-state index < -0.39 is 8.07 Å². The van der Waals surface area contributed by atoms with Gasteiger partial charge in [-0.2, -0.15) is 0 Å². The zero-order valence-corrected chi connectivity index (χ0v) is 10.2. The average Bonchev–Trinajstić information content (AvgIpc) is 2.73. The van der Waals surface area contributed by atoms with Gasteiger partial charge in [0, 0.05) is 0 Å². The second-order valence-electron chi connectivity index (χ2n) is 5.02. The highest BCUT2D eigenvalue weighted by atomic mass is 28.3. The van der Waals surface area contributed by atoms with Crippen LogP contribution in [0.5, 0.6) is 0 Å². The van der Waals surface area contributed by atoms with Crippen molar-refractivity contribution in [1.29, 1.82) is 0 Å². The Kier molecular flexibility index (Phi) is 2.15. The van der Waals surface area contributed by atoms with Crippen LogP contribution in [0.15, 0.2) is 48.6 Å². The first-order chi connectivity index (χ1) is 6.56. The smallest absolute Gasteiger partial charge is 0.0733 e. The standard InChI is InChI=1S/C13H18Si/c1-13(10-6-7-11-13)14(2,3)12-8-4-5-9-12/h4-12H,1-3H3. The van der Waals surface area contributed by atoms with Gasteiger partial charge in [-0.25, -0.2) is 0 Å². The fraction of sp³-hybridized carbons (Fsp3) is 0.385. The molecule has 14 heavy (non-hydrogen) atoms. The third kappa shape index (κ3) is 1.27. The van der Waals surface area contributed by atoms with Gasteiger partial charge in [-0.3, -0.25) is 0 Å². The molecular weight excluding hydrogens is 184 g/mol. The van der Waals surface area contributed by atoms with Crippen molar-refractivity contribution in [3.63, 3.8) is 0 Å². The summed E-state index contributed by atoms with van der Waals surface area (Å²) < 4.78 is 0. The van der Waals surface area contributed by atoms with Gasteiger partial charge in [0.2, 0.25) is 0 Å². The van der Waals surface area contributed by atoms with Crippen LogP contribution in [0.1, 0.15) is 6.92 Å². The Morgan fingerprint density at radius 3 is 1.93 bits per heavy atom. The molecule has 0 bridgehead atoms. The third-order valence-electron chi connectivity index (χ3n) is 3.97. The van der Waals surface area contributed by atoms with E-state index in [0.717, 1.165) is 0 Å². The molecule has 0 atom stereocenters. The molecule has 0 aromatic rings. The van der Waals surface area contributed by atoms with Crippen molar-refractivity contribution in [2.45, 2.75) is 30.6 Å². The number of hydrogen-bond donors (Lipinski definition) is 0. The average molecular weight is 202 g/mol. The van der Waals surface area contributed by atoms with E-state index in [-0.39, 0.29) is 0 Å². The monoisotopic (exact) mass is 202 g/mol. The molecule has 0 radical (unpaired) electrons. The highest BCUT2D eigenvalue weighted by Crippen LogP contribution is 2.50. The van der Waals surface area contributed by atoms with Crippen LogP contribution in [-0.2, 0) is 0 Å². The molecule has 0 nitrogen and oxygen atoms in total. The first-order valence-corrected chi connectivity index (χ1v) is 8.36. The summed E-state index contributed by atoms with van der Waals surface area (Å²) in [4.78, 5) is 0. The minimum Gasteiger partial charge on any atom is -0.0803 e. The van der Waals surface area contributed by atoms with Crippen LogP contribution in [0.4, 0.5) is 0 Å². The molecule has 0 aromatic carbocycles. The maximum Gasteiger partial charge on any atom is 0.0733 e. The number of rotatable bonds is 2. The zero-order valence-electron chi connectivity index (χ0n) is 9.20. The summed E-state index contributed by atoms with van der Waals surface area (Å²) in [6.07, 6.45) is 18.2. The lowest BCUT2D eigenvalue weighted by Gasteiger charge is -2.40. The Morgan fingerprint density at radius 2 is 1.43 bits per heavy atom. The third-order valence-corrected chi connectivity index (χ3v) is 9.13. The Bertz CT molecular complexity index is 318. The van der Waals surface area contributed by atoms with E-state index >= 15 is 0 Å². The molecule has 0 aromatic heterocycles. The second kappa shape index (κ2) is 3.09. The lowest BCUT2D eigenvalue weighted by atomic mass is 10.2. The van der Waals surface area contributed by atoms with Gasteiger partial charge in [-0.05, 0) is 10.6 Å². The van der Waals surface area contributed by atoms with Crippen LogP contribution in [0.3, 0.4) is 0 Å². The highest BCUT2D eigenvalue weighted by Gasteiger charge is 2.44. The number of allylic oxidation sites excluding steroid dienone is 8. The van der Waals surface area contributed by atoms with Gasteiger partial charge >= 0.3 is 0 Å². The van der Waals surface area contributed by atoms with Crippen molar-refractivity contribution in [2.75, 3.05) is 0 Å². The van der Waals surface area contributed by atoms with Crippen LogP contribution >= 0.6 is 0 Å². The molecule has 0 fully saturated rings. The summed E-state index contributed by atoms with van der Waals surface area (Å²) in [5, 5.41) is 0.330. The fourth-order valence-electron chi connectivity index (χ4n) is 2.27. The summed E-state index contributed by atoms with van der Waals surface area (Å²) in [5.74, 6) is 0. The molecule has 0 heterocycles. The van der Waals surface area contributed by atoms with Gasteiger partial charge in [-0.1, -0.05) is 68.6 Å². The number of hydrogen-bond acceptors (Lipinski definition) is 0. The van der Waals surface area contributed by atoms with E-state index in [1.807, 2.05) is 0 Å². The predicted octanol–water partition coefficient (Wildman–Crippen LogP) is 4.08. The molecule has 0 saturated carbocycles. The summed E-state index contributed by atoms with van der Waals surface area (Å²) in [6.45, 7) is 7.34. The molecule has 1 heteroatoms. The highest BCUT2D eigenvalue weighted by molar-refractivity contribution is 6.83. The van der Waals surface area contributed by atoms with Crippen LogP contribution in [0, 0.1) is 0 Å². The van der Waals surface area contributed by atoms with Crippen LogP contribution in [0.2, 0.25) is 23.7 Å². The maximum atomic E-state index is 2.48. The van der Waals surface area contributed by atoms with E-state index in [1.54, 1.807) is 0 Å². The SMILES string of the molecule is CC1([Si](C)(C)C2C=CC=C2)C=CC=C1. The van der Waals surface area contributed by atoms with E-state index in [2.05, 4.69) is 68.6 Å². The van der Waals surface area contributed by atoms with Gasteiger partial charge < -0.3 is 0 Å². The lowest BCUT2D eigenvalue weighted by Crippen LogP contribution is -2.41. The molecule has 0 saturated heterocycles. The van der Waals surface area contributed by atoms with Crippen LogP contribution < -0.4 is 0 Å². The minimum absolute atomic E-state index is 0.330. The quantitative estimate of drug-likeness (QED) is 0.592. The predicted molar refractivity (Wildman–Crippen MR) is 66.2 cm³/mol. The first-order valence-electron chi connectivity index (χ1n) is 5.28. The molecule has 0 N–H and O–H groups in total. The van der Waals surface area contributed by atoms with E-state index in [4.69, 9.17) is 0 Å². The van der Waals surface area contributed by atoms with Gasteiger partial charge in [0.15, 0.2) is 0 Å². The van der Waals surface area contributed by atoms with Crippen molar-refractivity contribution in [3.05, 3.63) is 48.6 Å². The second-order valence-corrected chi connectivity index (χ2v) is 10.2. The fourth-order valence-corrected chi connectivity index (χ4v) is 5.22. The van der Waals surface area contributed by atoms with E-state index in [9.17, 15) is 0 Å². The molecule has 74 valence electrons. The maximum absolute atomic E-state index is 2.48. The molecule has 2 aliphatic carbocycles. The van der Waals surface area contributed by atoms with Crippen molar-refractivity contribution < 1.29 is 0 Å². The Morgan fingerprint density at radius 1 is 0.929 bits per heavy atom. The lowest BCUT2D eigenvalue weighted by molar-refractivity contribution is 0.898. The van der Waals surface area contributed by atoms with Crippen molar-refractivity contribution in [1.82, 2.24) is 0 Å². The molecule has 0 unspecified atom stereocenters. The summed E-state index contributed by atoms with van der Waals surface area (Å²) in [5.41, 5.74) is 0.694. The molecule has 2 rings (SSSR count). The molecule has 0 spiro atoms. The van der Waals surface area contributed by atoms with Gasteiger partial charge in [-0.15, -0.1) is 0 Å². The van der Waals surface area contributed by atoms with E-state index in [1.165, 1.54) is 0 Å². The first kappa shape index (κ1) is 9.72. The Labute approximate surface area is 87.7 Å². The molecule has 0 aliphatic heterocycles. The Balaban J connectivity index is 2.31. The van der Waals surface area contributed by atoms with Crippen molar-refractivity contribution in [2.24, 2.45) is 0 Å². The van der Waals surface area contributed by atoms with Gasteiger partial charge in [0.1, 0.15) is 0 Å². The van der Waals surface area contributed by atoms with Crippen molar-refractivity contribution in [3.8, 4) is 0 Å². The zero-order chi connectivity index (χ0) is 10.2. The summed E-state index contributed by atoms with van der Waals surface area (Å²) in [7, 11) is -1.31. The largest absolute Gasteiger partial charge is 0.0803 e. The summed E-state index contributed by atoms with van der Waals surface area (Å²) in [6, 6.07) is 0. The van der Waals surface area contributed by atoms with Gasteiger partial charge in [0.25, 0.3) is 0 Å². The molecule has 2 aliphatic rings. The van der Waals surface area contributed by atoms with Gasteiger partial charge in [0.05, 0.1) is 8.07 Å². The molecule has 0 amide bonds. The van der Waals surface area contributed by atoms with Crippen molar-refractivity contribution >= 4 is 8.07 Å². The normalized spacial score (nSPS) is 23.9. The summed E-state index contributed by atoms with van der Waals surface area (Å²) >= 11 is 0. The van der Waals surface area contributed by atoms with Crippen LogP contribution in [0.25, 0.3) is 0 Å².